The lowest BCUT2D eigenvalue weighted by Gasteiger charge is -2.28. The Morgan fingerprint density at radius 3 is 2.18 bits per heavy atom. The number of carbonyl (C=O) groups excluding carboxylic acids is 1. The molecule has 6 heteroatoms. The van der Waals surface area contributed by atoms with Gasteiger partial charge in [0.1, 0.15) is 0 Å². The van der Waals surface area contributed by atoms with E-state index in [4.69, 9.17) is 14.6 Å². The van der Waals surface area contributed by atoms with Crippen LogP contribution in [-0.2, 0) is 19.1 Å². The van der Waals surface area contributed by atoms with Gasteiger partial charge >= 0.3 is 5.97 Å². The molecule has 0 aromatic rings. The summed E-state index contributed by atoms with van der Waals surface area (Å²) in [7, 11) is 0. The van der Waals surface area contributed by atoms with E-state index in [1.807, 2.05) is 34.6 Å². The molecule has 0 atom stereocenters. The number of ether oxygens (including phenoxy) is 2. The normalized spacial score (nSPS) is 12.2. The van der Waals surface area contributed by atoms with E-state index in [1.54, 1.807) is 0 Å². The minimum absolute atomic E-state index is 0.0197. The van der Waals surface area contributed by atoms with Gasteiger partial charge in [0.05, 0.1) is 17.6 Å². The third-order valence-corrected chi connectivity index (χ3v) is 2.94. The molecular weight excluding hydrogens is 286 g/mol. The monoisotopic (exact) mass is 317 g/mol. The van der Waals surface area contributed by atoms with Gasteiger partial charge in [-0.1, -0.05) is 0 Å². The molecule has 0 aliphatic carbocycles. The summed E-state index contributed by atoms with van der Waals surface area (Å²) in [6.45, 7) is 11.8. The molecule has 0 radical (unpaired) electrons. The molecule has 0 unspecified atom stereocenters. The Balaban J connectivity index is 3.68. The van der Waals surface area contributed by atoms with Crippen molar-refractivity contribution in [2.75, 3.05) is 19.8 Å². The molecule has 2 N–H and O–H groups in total. The molecule has 0 rings (SSSR count). The Kier molecular flexibility index (Phi) is 9.28. The molecule has 0 aliphatic heterocycles. The van der Waals surface area contributed by atoms with Crippen LogP contribution in [0.5, 0.6) is 0 Å². The summed E-state index contributed by atoms with van der Waals surface area (Å²) in [6, 6.07) is 0. The number of nitrogens with one attached hydrogen (secondary N) is 1. The van der Waals surface area contributed by atoms with E-state index in [9.17, 15) is 9.59 Å². The molecular formula is C16H31NO5. The van der Waals surface area contributed by atoms with Gasteiger partial charge in [0.15, 0.2) is 0 Å². The van der Waals surface area contributed by atoms with Gasteiger partial charge in [0, 0.05) is 26.2 Å². The van der Waals surface area contributed by atoms with Crippen molar-refractivity contribution in [2.45, 2.75) is 71.5 Å². The zero-order valence-corrected chi connectivity index (χ0v) is 14.5. The van der Waals surface area contributed by atoms with E-state index in [2.05, 4.69) is 5.32 Å². The lowest BCUT2D eigenvalue weighted by molar-refractivity contribution is -0.138. The first-order chi connectivity index (χ1) is 10.0. The smallest absolute Gasteiger partial charge is 0.303 e. The average molecular weight is 317 g/mol. The predicted molar refractivity (Wildman–Crippen MR) is 84.8 cm³/mol. The van der Waals surface area contributed by atoms with E-state index < -0.39 is 5.97 Å². The first-order valence-corrected chi connectivity index (χ1v) is 7.78. The summed E-state index contributed by atoms with van der Waals surface area (Å²) in [5.41, 5.74) is -0.408. The summed E-state index contributed by atoms with van der Waals surface area (Å²) in [6.07, 6.45) is 1.38. The molecule has 0 heterocycles. The van der Waals surface area contributed by atoms with Crippen molar-refractivity contribution in [3.63, 3.8) is 0 Å². The van der Waals surface area contributed by atoms with Crippen molar-refractivity contribution >= 4 is 11.9 Å². The maximum Gasteiger partial charge on any atom is 0.303 e. The fourth-order valence-electron chi connectivity index (χ4n) is 1.63. The third kappa shape index (κ3) is 13.8. The number of amides is 1. The fraction of sp³-hybridized carbons (Fsp3) is 0.875. The van der Waals surface area contributed by atoms with E-state index in [0.29, 0.717) is 26.2 Å². The highest BCUT2D eigenvalue weighted by Crippen LogP contribution is 2.17. The van der Waals surface area contributed by atoms with Gasteiger partial charge in [0.2, 0.25) is 5.91 Å². The Bertz CT molecular complexity index is 347. The van der Waals surface area contributed by atoms with Crippen LogP contribution in [0.25, 0.3) is 0 Å². The van der Waals surface area contributed by atoms with Crippen molar-refractivity contribution in [1.29, 1.82) is 0 Å². The van der Waals surface area contributed by atoms with E-state index in [-0.39, 0.29) is 30.0 Å². The summed E-state index contributed by atoms with van der Waals surface area (Å²) >= 11 is 0. The van der Waals surface area contributed by atoms with Crippen LogP contribution in [0.3, 0.4) is 0 Å². The van der Waals surface area contributed by atoms with Crippen LogP contribution in [0.4, 0.5) is 0 Å². The topological polar surface area (TPSA) is 84.9 Å². The molecule has 1 amide bonds. The van der Waals surface area contributed by atoms with Crippen molar-refractivity contribution in [2.24, 2.45) is 0 Å². The number of carboxylic acid groups (broad SMARTS) is 1. The van der Waals surface area contributed by atoms with Crippen molar-refractivity contribution in [3.8, 4) is 0 Å². The number of carbonyl (C=O) groups is 2. The quantitative estimate of drug-likeness (QED) is 0.571. The van der Waals surface area contributed by atoms with Gasteiger partial charge in [-0.3, -0.25) is 9.59 Å². The first-order valence-electron chi connectivity index (χ1n) is 7.78. The molecule has 0 bridgehead atoms. The van der Waals surface area contributed by atoms with E-state index in [0.717, 1.165) is 6.42 Å². The van der Waals surface area contributed by atoms with Gasteiger partial charge in [-0.2, -0.15) is 0 Å². The zero-order valence-electron chi connectivity index (χ0n) is 14.5. The summed E-state index contributed by atoms with van der Waals surface area (Å²) in [5.74, 6) is -1.20. The van der Waals surface area contributed by atoms with Crippen LogP contribution in [0, 0.1) is 0 Å². The highest BCUT2D eigenvalue weighted by Gasteiger charge is 2.20. The molecule has 0 fully saturated rings. The number of hydrogen-bond donors (Lipinski definition) is 2. The van der Waals surface area contributed by atoms with Crippen LogP contribution < -0.4 is 5.32 Å². The summed E-state index contributed by atoms with van der Waals surface area (Å²) < 4.78 is 11.5. The second-order valence-corrected chi connectivity index (χ2v) is 6.92. The van der Waals surface area contributed by atoms with Crippen LogP contribution in [0.15, 0.2) is 0 Å². The average Bonchev–Trinajstić information content (AvgIpc) is 2.33. The van der Waals surface area contributed by atoms with Gasteiger partial charge in [-0.15, -0.1) is 0 Å². The highest BCUT2D eigenvalue weighted by molar-refractivity contribution is 5.80. The molecule has 0 aromatic carbocycles. The Hall–Kier alpha value is -1.14. The molecule has 6 nitrogen and oxygen atoms in total. The number of carboxylic acids is 1. The third-order valence-electron chi connectivity index (χ3n) is 2.94. The van der Waals surface area contributed by atoms with Crippen LogP contribution in [-0.4, -0.2) is 47.9 Å². The summed E-state index contributed by atoms with van der Waals surface area (Å²) in [5, 5.41) is 11.2. The van der Waals surface area contributed by atoms with Crippen LogP contribution >= 0.6 is 0 Å². The SMILES string of the molecule is CC(C)(C)OCCC(C)(C)OCCCNC(=O)CCC(=O)O. The Morgan fingerprint density at radius 2 is 1.64 bits per heavy atom. The molecule has 0 saturated heterocycles. The maximum absolute atomic E-state index is 11.3. The maximum atomic E-state index is 11.3. The van der Waals surface area contributed by atoms with E-state index in [1.165, 1.54) is 0 Å². The molecule has 0 spiro atoms. The molecule has 0 aromatic heterocycles. The van der Waals surface area contributed by atoms with Gasteiger partial charge in [-0.25, -0.2) is 0 Å². The number of aliphatic carboxylic acids is 1. The largest absolute Gasteiger partial charge is 0.481 e. The highest BCUT2D eigenvalue weighted by atomic mass is 16.5. The second-order valence-electron chi connectivity index (χ2n) is 6.92. The zero-order chi connectivity index (χ0) is 17.2. The Morgan fingerprint density at radius 1 is 1.00 bits per heavy atom. The van der Waals surface area contributed by atoms with E-state index >= 15 is 0 Å². The van der Waals surface area contributed by atoms with Gasteiger partial charge in [-0.05, 0) is 47.5 Å². The van der Waals surface area contributed by atoms with Crippen LogP contribution in [0.2, 0.25) is 0 Å². The van der Waals surface area contributed by atoms with Gasteiger partial charge < -0.3 is 19.9 Å². The van der Waals surface area contributed by atoms with Gasteiger partial charge in [0.25, 0.3) is 0 Å². The minimum atomic E-state index is -0.960. The molecule has 130 valence electrons. The summed E-state index contributed by atoms with van der Waals surface area (Å²) in [4.78, 5) is 21.6. The second kappa shape index (κ2) is 9.79. The van der Waals surface area contributed by atoms with Crippen molar-refractivity contribution in [3.05, 3.63) is 0 Å². The predicted octanol–water partition coefficient (Wildman–Crippen LogP) is 2.36. The lowest BCUT2D eigenvalue weighted by atomic mass is 10.1. The number of rotatable bonds is 11. The van der Waals surface area contributed by atoms with Crippen molar-refractivity contribution in [1.82, 2.24) is 5.32 Å². The van der Waals surface area contributed by atoms with Crippen LogP contribution in [0.1, 0.15) is 60.3 Å². The van der Waals surface area contributed by atoms with Crippen molar-refractivity contribution < 1.29 is 24.2 Å². The number of hydrogen-bond acceptors (Lipinski definition) is 4. The lowest BCUT2D eigenvalue weighted by Crippen LogP contribution is -2.31. The molecule has 0 aliphatic rings. The Labute approximate surface area is 133 Å². The fourth-order valence-corrected chi connectivity index (χ4v) is 1.63. The molecule has 0 saturated carbocycles. The molecule has 22 heavy (non-hydrogen) atoms. The standard InChI is InChI=1S/C16H31NO5/c1-15(2,3)21-12-9-16(4,5)22-11-6-10-17-13(18)7-8-14(19)20/h6-12H2,1-5H3,(H,17,18)(H,19,20). The first kappa shape index (κ1) is 20.9. The minimum Gasteiger partial charge on any atom is -0.481 e.